The molecule has 9 heteroatoms. The van der Waals surface area contributed by atoms with Gasteiger partial charge in [0.2, 0.25) is 0 Å². The highest BCUT2D eigenvalue weighted by atomic mass is 32.2. The molecule has 0 bridgehead atoms. The van der Waals surface area contributed by atoms with E-state index in [4.69, 9.17) is 0 Å². The van der Waals surface area contributed by atoms with Crippen molar-refractivity contribution in [3.05, 3.63) is 64.2 Å². The number of carbonyl (C=O) groups excluding carboxylic acids is 1. The van der Waals surface area contributed by atoms with E-state index >= 15 is 0 Å². The zero-order chi connectivity index (χ0) is 19.5. The normalized spacial score (nSPS) is 11.7. The molecular weight excluding hydrogens is 358 g/mol. The number of nitro groups is 1. The third kappa shape index (κ3) is 5.03. The minimum absolute atomic E-state index is 0.0994. The fourth-order valence-corrected chi connectivity index (χ4v) is 3.12. The van der Waals surface area contributed by atoms with Gasteiger partial charge in [-0.1, -0.05) is 0 Å². The van der Waals surface area contributed by atoms with Crippen LogP contribution in [0.1, 0.15) is 31.1 Å². The lowest BCUT2D eigenvalue weighted by Gasteiger charge is -2.20. The monoisotopic (exact) mass is 377 g/mol. The van der Waals surface area contributed by atoms with E-state index in [0.717, 1.165) is 24.3 Å². The average molecular weight is 377 g/mol. The van der Waals surface area contributed by atoms with Crippen LogP contribution < -0.4 is 10.0 Å². The molecule has 0 radical (unpaired) electrons. The number of sulfonamides is 1. The van der Waals surface area contributed by atoms with Crippen LogP contribution in [0, 0.1) is 10.1 Å². The molecule has 0 atom stereocenters. The first-order valence-corrected chi connectivity index (χ1v) is 9.16. The first kappa shape index (κ1) is 19.4. The minimum Gasteiger partial charge on any atom is -0.347 e. The van der Waals surface area contributed by atoms with Gasteiger partial charge in [-0.15, -0.1) is 0 Å². The maximum Gasteiger partial charge on any atom is 0.269 e. The molecule has 2 N–H and O–H groups in total. The van der Waals surface area contributed by atoms with Crippen molar-refractivity contribution in [2.75, 3.05) is 4.72 Å². The summed E-state index contributed by atoms with van der Waals surface area (Å²) < 4.78 is 27.0. The summed E-state index contributed by atoms with van der Waals surface area (Å²) in [6.45, 7) is 5.58. The maximum atomic E-state index is 12.3. The zero-order valence-electron chi connectivity index (χ0n) is 14.5. The molecule has 138 valence electrons. The van der Waals surface area contributed by atoms with Crippen molar-refractivity contribution in [1.82, 2.24) is 5.32 Å². The SMILES string of the molecule is CC(C)(C)NC(=O)c1ccc(NS(=O)(=O)c2ccc([N+](=O)[O-])cc2)cc1. The number of hydrogen-bond donors (Lipinski definition) is 2. The number of hydrogen-bond acceptors (Lipinski definition) is 5. The first-order chi connectivity index (χ1) is 12.0. The predicted molar refractivity (Wildman–Crippen MR) is 97.6 cm³/mol. The topological polar surface area (TPSA) is 118 Å². The lowest BCUT2D eigenvalue weighted by molar-refractivity contribution is -0.384. The lowest BCUT2D eigenvalue weighted by atomic mass is 10.1. The Balaban J connectivity index is 2.14. The van der Waals surface area contributed by atoms with Crippen LogP contribution in [-0.4, -0.2) is 24.8 Å². The van der Waals surface area contributed by atoms with E-state index < -0.39 is 14.9 Å². The van der Waals surface area contributed by atoms with Gasteiger partial charge in [0.15, 0.2) is 0 Å². The summed E-state index contributed by atoms with van der Waals surface area (Å²) in [6.07, 6.45) is 0. The van der Waals surface area contributed by atoms with Crippen molar-refractivity contribution in [2.45, 2.75) is 31.2 Å². The van der Waals surface area contributed by atoms with Gasteiger partial charge in [0, 0.05) is 28.9 Å². The number of rotatable bonds is 5. The number of nitrogens with one attached hydrogen (secondary N) is 2. The molecule has 2 rings (SSSR count). The van der Waals surface area contributed by atoms with Crippen LogP contribution in [0.4, 0.5) is 11.4 Å². The average Bonchev–Trinajstić information content (AvgIpc) is 2.53. The van der Waals surface area contributed by atoms with Gasteiger partial charge >= 0.3 is 0 Å². The number of anilines is 1. The van der Waals surface area contributed by atoms with Crippen LogP contribution in [0.15, 0.2) is 53.4 Å². The van der Waals surface area contributed by atoms with Crippen LogP contribution in [-0.2, 0) is 10.0 Å². The second-order valence-corrected chi connectivity index (χ2v) is 8.32. The molecule has 0 unspecified atom stereocenters. The number of benzene rings is 2. The summed E-state index contributed by atoms with van der Waals surface area (Å²) >= 11 is 0. The van der Waals surface area contributed by atoms with Gasteiger partial charge in [-0.25, -0.2) is 8.42 Å². The number of amides is 1. The van der Waals surface area contributed by atoms with Gasteiger partial charge in [0.1, 0.15) is 0 Å². The molecule has 1 amide bonds. The molecule has 0 saturated heterocycles. The highest BCUT2D eigenvalue weighted by molar-refractivity contribution is 7.92. The first-order valence-electron chi connectivity index (χ1n) is 7.68. The standard InChI is InChI=1S/C17H19N3O5S/c1-17(2,3)18-16(21)12-4-6-13(7-5-12)19-26(24,25)15-10-8-14(9-11-15)20(22)23/h4-11,19H,1-3H3,(H,18,21). The molecule has 0 saturated carbocycles. The quantitative estimate of drug-likeness (QED) is 0.613. The Morgan fingerprint density at radius 2 is 1.54 bits per heavy atom. The summed E-state index contributed by atoms with van der Waals surface area (Å²) in [4.78, 5) is 22.0. The van der Waals surface area contributed by atoms with Gasteiger partial charge in [-0.3, -0.25) is 19.6 Å². The number of nitro benzene ring substituents is 1. The Kier molecular flexibility index (Phi) is 5.31. The van der Waals surface area contributed by atoms with Crippen LogP contribution >= 0.6 is 0 Å². The largest absolute Gasteiger partial charge is 0.347 e. The molecule has 2 aromatic carbocycles. The number of carbonyl (C=O) groups is 1. The Morgan fingerprint density at radius 3 is 2.00 bits per heavy atom. The van der Waals surface area contributed by atoms with E-state index in [-0.39, 0.29) is 27.7 Å². The van der Waals surface area contributed by atoms with Crippen molar-refractivity contribution in [1.29, 1.82) is 0 Å². The van der Waals surface area contributed by atoms with Crippen molar-refractivity contribution >= 4 is 27.3 Å². The second-order valence-electron chi connectivity index (χ2n) is 6.64. The summed E-state index contributed by atoms with van der Waals surface area (Å²) in [5.41, 5.74) is 0.0971. The van der Waals surface area contributed by atoms with Crippen LogP contribution in [0.3, 0.4) is 0 Å². The Morgan fingerprint density at radius 1 is 1.00 bits per heavy atom. The maximum absolute atomic E-state index is 12.3. The fourth-order valence-electron chi connectivity index (χ4n) is 2.06. The molecule has 0 aliphatic rings. The Bertz CT molecular complexity index is 914. The summed E-state index contributed by atoms with van der Waals surface area (Å²) in [7, 11) is -3.89. The zero-order valence-corrected chi connectivity index (χ0v) is 15.3. The molecule has 0 aliphatic heterocycles. The van der Waals surface area contributed by atoms with Gasteiger partial charge in [0.05, 0.1) is 9.82 Å². The van der Waals surface area contributed by atoms with Crippen molar-refractivity contribution in [3.8, 4) is 0 Å². The van der Waals surface area contributed by atoms with Gasteiger partial charge in [-0.2, -0.15) is 0 Å². The highest BCUT2D eigenvalue weighted by Gasteiger charge is 2.17. The Hall–Kier alpha value is -2.94. The molecule has 0 aliphatic carbocycles. The van der Waals surface area contributed by atoms with E-state index in [0.29, 0.717) is 5.56 Å². The predicted octanol–water partition coefficient (Wildman–Crippen LogP) is 2.92. The lowest BCUT2D eigenvalue weighted by Crippen LogP contribution is -2.40. The van der Waals surface area contributed by atoms with Crippen molar-refractivity contribution < 1.29 is 18.1 Å². The van der Waals surface area contributed by atoms with Crippen molar-refractivity contribution in [2.24, 2.45) is 0 Å². The van der Waals surface area contributed by atoms with Crippen LogP contribution in [0.25, 0.3) is 0 Å². The second kappa shape index (κ2) is 7.12. The van der Waals surface area contributed by atoms with E-state index in [1.807, 2.05) is 20.8 Å². The van der Waals surface area contributed by atoms with Crippen molar-refractivity contribution in [3.63, 3.8) is 0 Å². The van der Waals surface area contributed by atoms with Crippen LogP contribution in [0.5, 0.6) is 0 Å². The number of nitrogens with zero attached hydrogens (tertiary/aromatic N) is 1. The third-order valence-corrected chi connectivity index (χ3v) is 4.64. The van der Waals surface area contributed by atoms with E-state index in [1.165, 1.54) is 24.3 Å². The van der Waals surface area contributed by atoms with Crippen LogP contribution in [0.2, 0.25) is 0 Å². The van der Waals surface area contributed by atoms with E-state index in [2.05, 4.69) is 10.0 Å². The minimum atomic E-state index is -3.89. The molecule has 0 aromatic heterocycles. The molecular formula is C17H19N3O5S. The van der Waals surface area contributed by atoms with E-state index in [9.17, 15) is 23.3 Å². The summed E-state index contributed by atoms with van der Waals surface area (Å²) in [5.74, 6) is -0.262. The molecule has 2 aromatic rings. The molecule has 8 nitrogen and oxygen atoms in total. The third-order valence-electron chi connectivity index (χ3n) is 3.25. The van der Waals surface area contributed by atoms with E-state index in [1.54, 1.807) is 0 Å². The van der Waals surface area contributed by atoms with Gasteiger partial charge in [0.25, 0.3) is 21.6 Å². The number of non-ortho nitro benzene ring substituents is 1. The highest BCUT2D eigenvalue weighted by Crippen LogP contribution is 2.19. The van der Waals surface area contributed by atoms with Gasteiger partial charge in [-0.05, 0) is 57.2 Å². The smallest absolute Gasteiger partial charge is 0.269 e. The fraction of sp³-hybridized carbons (Fsp3) is 0.235. The summed E-state index contributed by atoms with van der Waals surface area (Å²) in [5, 5.41) is 13.4. The van der Waals surface area contributed by atoms with Gasteiger partial charge < -0.3 is 5.32 Å². The molecule has 0 heterocycles. The molecule has 0 spiro atoms. The molecule has 26 heavy (non-hydrogen) atoms. The Labute approximate surface area is 151 Å². The molecule has 0 fully saturated rings. The summed E-state index contributed by atoms with van der Waals surface area (Å²) in [6, 6.07) is 10.5.